The lowest BCUT2D eigenvalue weighted by atomic mass is 10.2. The van der Waals surface area contributed by atoms with Crippen LogP contribution in [0.4, 0.5) is 0 Å². The highest BCUT2D eigenvalue weighted by Crippen LogP contribution is 2.39. The number of halogens is 2. The Morgan fingerprint density at radius 1 is 1.19 bits per heavy atom. The number of nitrogens with zero attached hydrogens (tertiary/aromatic N) is 2. The van der Waals surface area contributed by atoms with Gasteiger partial charge in [-0.15, -0.1) is 0 Å². The SMILES string of the molecule is COC(=O)[C@H](C)Oc1cc(Oc2c(C(C)=O)c(C)nn2C)c(Cl)cc1Cl. The van der Waals surface area contributed by atoms with Crippen LogP contribution in [0.5, 0.6) is 17.4 Å². The average molecular weight is 401 g/mol. The van der Waals surface area contributed by atoms with Crippen LogP contribution >= 0.6 is 23.2 Å². The molecule has 9 heteroatoms. The third-order valence-corrected chi connectivity index (χ3v) is 4.14. The van der Waals surface area contributed by atoms with Crippen molar-refractivity contribution in [1.82, 2.24) is 9.78 Å². The highest BCUT2D eigenvalue weighted by Gasteiger charge is 2.22. The smallest absolute Gasteiger partial charge is 0.346 e. The molecule has 0 aliphatic rings. The number of methoxy groups -OCH3 is 1. The zero-order valence-electron chi connectivity index (χ0n) is 14.9. The number of Topliss-reactive ketones (excluding diaryl/α,β-unsaturated/α-hetero) is 1. The second-order valence-corrected chi connectivity index (χ2v) is 6.36. The molecule has 0 fully saturated rings. The molecule has 1 heterocycles. The average Bonchev–Trinajstić information content (AvgIpc) is 2.84. The third kappa shape index (κ3) is 4.11. The fourth-order valence-corrected chi connectivity index (χ4v) is 2.81. The van der Waals surface area contributed by atoms with Gasteiger partial charge in [-0.3, -0.25) is 4.79 Å². The number of hydrogen-bond donors (Lipinski definition) is 0. The summed E-state index contributed by atoms with van der Waals surface area (Å²) in [6.45, 7) is 4.65. The van der Waals surface area contributed by atoms with Gasteiger partial charge in [0.25, 0.3) is 0 Å². The molecule has 7 nitrogen and oxygen atoms in total. The summed E-state index contributed by atoms with van der Waals surface area (Å²) in [4.78, 5) is 23.4. The topological polar surface area (TPSA) is 79.7 Å². The summed E-state index contributed by atoms with van der Waals surface area (Å²) in [5.74, 6) is -0.113. The number of rotatable bonds is 6. The van der Waals surface area contributed by atoms with Crippen LogP contribution in [0.15, 0.2) is 12.1 Å². The van der Waals surface area contributed by atoms with Crippen molar-refractivity contribution in [3.63, 3.8) is 0 Å². The van der Waals surface area contributed by atoms with Gasteiger partial charge in [0.2, 0.25) is 5.88 Å². The van der Waals surface area contributed by atoms with Gasteiger partial charge in [0, 0.05) is 13.1 Å². The van der Waals surface area contributed by atoms with Gasteiger partial charge in [-0.05, 0) is 26.8 Å². The summed E-state index contributed by atoms with van der Waals surface area (Å²) >= 11 is 12.3. The van der Waals surface area contributed by atoms with Crippen molar-refractivity contribution in [2.75, 3.05) is 7.11 Å². The summed E-state index contributed by atoms with van der Waals surface area (Å²) in [5, 5.41) is 4.60. The summed E-state index contributed by atoms with van der Waals surface area (Å²) in [6, 6.07) is 2.87. The molecule has 2 aromatic rings. The van der Waals surface area contributed by atoms with Crippen LogP contribution in [0.1, 0.15) is 29.9 Å². The molecule has 1 aromatic carbocycles. The van der Waals surface area contributed by atoms with Crippen molar-refractivity contribution in [1.29, 1.82) is 0 Å². The van der Waals surface area contributed by atoms with Crippen molar-refractivity contribution in [2.45, 2.75) is 26.9 Å². The van der Waals surface area contributed by atoms with E-state index in [0.717, 1.165) is 0 Å². The zero-order chi connectivity index (χ0) is 19.6. The number of ether oxygens (including phenoxy) is 3. The van der Waals surface area contributed by atoms with E-state index < -0.39 is 12.1 Å². The lowest BCUT2D eigenvalue weighted by molar-refractivity contribution is -0.147. The number of esters is 1. The molecule has 0 aliphatic heterocycles. The minimum atomic E-state index is -0.877. The van der Waals surface area contributed by atoms with Gasteiger partial charge in [-0.2, -0.15) is 5.10 Å². The fraction of sp³-hybridized carbons (Fsp3) is 0.353. The first-order valence-electron chi connectivity index (χ1n) is 7.61. The van der Waals surface area contributed by atoms with E-state index in [9.17, 15) is 9.59 Å². The molecule has 0 aliphatic carbocycles. The van der Waals surface area contributed by atoms with E-state index in [1.165, 1.54) is 37.8 Å². The maximum atomic E-state index is 11.9. The van der Waals surface area contributed by atoms with E-state index in [0.29, 0.717) is 11.3 Å². The van der Waals surface area contributed by atoms with Gasteiger partial charge in [0.15, 0.2) is 17.6 Å². The standard InChI is InChI=1S/C17H18Cl2N2O5/c1-8-15(9(2)22)16(21(4)20-8)26-14-7-13(11(18)6-12(14)19)25-10(3)17(23)24-5/h6-7,10H,1-5H3/t10-/m0/s1. The van der Waals surface area contributed by atoms with E-state index in [-0.39, 0.29) is 33.2 Å². The Kier molecular flexibility index (Phi) is 6.15. The van der Waals surface area contributed by atoms with Gasteiger partial charge in [0.05, 0.1) is 22.8 Å². The molecule has 0 spiro atoms. The minimum Gasteiger partial charge on any atom is -0.477 e. The largest absolute Gasteiger partial charge is 0.477 e. The Labute approximate surface area is 160 Å². The van der Waals surface area contributed by atoms with Crippen molar-refractivity contribution in [3.05, 3.63) is 33.4 Å². The van der Waals surface area contributed by atoms with Gasteiger partial charge in [-0.1, -0.05) is 23.2 Å². The maximum absolute atomic E-state index is 11.9. The normalized spacial score (nSPS) is 11.8. The lowest BCUT2D eigenvalue weighted by Crippen LogP contribution is -2.25. The molecule has 0 saturated heterocycles. The molecule has 140 valence electrons. The molecule has 26 heavy (non-hydrogen) atoms. The number of aryl methyl sites for hydroxylation is 2. The summed E-state index contributed by atoms with van der Waals surface area (Å²) < 4.78 is 17.4. The highest BCUT2D eigenvalue weighted by atomic mass is 35.5. The van der Waals surface area contributed by atoms with Crippen LogP contribution in [0, 0.1) is 6.92 Å². The van der Waals surface area contributed by atoms with Crippen LogP contribution in [0.3, 0.4) is 0 Å². The van der Waals surface area contributed by atoms with Crippen molar-refractivity contribution >= 4 is 35.0 Å². The molecule has 0 unspecified atom stereocenters. The minimum absolute atomic E-state index is 0.187. The monoisotopic (exact) mass is 400 g/mol. The second-order valence-electron chi connectivity index (χ2n) is 5.54. The quantitative estimate of drug-likeness (QED) is 0.538. The first kappa shape index (κ1) is 20.1. The van der Waals surface area contributed by atoms with Crippen LogP contribution in [-0.2, 0) is 16.6 Å². The summed E-state index contributed by atoms with van der Waals surface area (Å²) in [5.41, 5.74) is 0.889. The van der Waals surface area contributed by atoms with Gasteiger partial charge in [-0.25, -0.2) is 9.48 Å². The molecular weight excluding hydrogens is 383 g/mol. The molecule has 0 N–H and O–H groups in total. The first-order chi connectivity index (χ1) is 12.1. The Bertz CT molecular complexity index is 863. The van der Waals surface area contributed by atoms with E-state index in [2.05, 4.69) is 9.84 Å². The predicted octanol–water partition coefficient (Wildman–Crippen LogP) is 3.97. The highest BCUT2D eigenvalue weighted by molar-refractivity contribution is 6.36. The van der Waals surface area contributed by atoms with Crippen LogP contribution in [0.25, 0.3) is 0 Å². The summed E-state index contributed by atoms with van der Waals surface area (Å²) in [7, 11) is 2.91. The number of carbonyl (C=O) groups excluding carboxylic acids is 2. The first-order valence-corrected chi connectivity index (χ1v) is 8.37. The molecule has 1 aromatic heterocycles. The van der Waals surface area contributed by atoms with Crippen LogP contribution in [-0.4, -0.2) is 34.7 Å². The number of ketones is 1. The van der Waals surface area contributed by atoms with Crippen LogP contribution < -0.4 is 9.47 Å². The Morgan fingerprint density at radius 3 is 2.38 bits per heavy atom. The zero-order valence-corrected chi connectivity index (χ0v) is 16.4. The molecular formula is C17H18Cl2N2O5. The van der Waals surface area contributed by atoms with Crippen LogP contribution in [0.2, 0.25) is 10.0 Å². The molecule has 1 atom stereocenters. The molecule has 2 rings (SSSR count). The fourth-order valence-electron chi connectivity index (χ4n) is 2.35. The molecule has 0 radical (unpaired) electrons. The lowest BCUT2D eigenvalue weighted by Gasteiger charge is -2.16. The predicted molar refractivity (Wildman–Crippen MR) is 96.6 cm³/mol. The van der Waals surface area contributed by atoms with Crippen molar-refractivity contribution < 1.29 is 23.8 Å². The molecule has 0 saturated carbocycles. The number of benzene rings is 1. The molecule has 0 amide bonds. The van der Waals surface area contributed by atoms with Gasteiger partial charge < -0.3 is 14.2 Å². The molecule has 0 bridgehead atoms. The Balaban J connectivity index is 2.41. The van der Waals surface area contributed by atoms with E-state index in [1.54, 1.807) is 14.0 Å². The Morgan fingerprint density at radius 2 is 1.81 bits per heavy atom. The van der Waals surface area contributed by atoms with Crippen molar-refractivity contribution in [2.24, 2.45) is 7.05 Å². The summed E-state index contributed by atoms with van der Waals surface area (Å²) in [6.07, 6.45) is -0.877. The number of hydrogen-bond acceptors (Lipinski definition) is 6. The number of aromatic nitrogens is 2. The number of carbonyl (C=O) groups is 2. The Hall–Kier alpha value is -2.25. The van der Waals surface area contributed by atoms with Gasteiger partial charge >= 0.3 is 5.97 Å². The van der Waals surface area contributed by atoms with E-state index in [1.807, 2.05) is 0 Å². The third-order valence-electron chi connectivity index (χ3n) is 3.55. The maximum Gasteiger partial charge on any atom is 0.346 e. The second kappa shape index (κ2) is 7.97. The van der Waals surface area contributed by atoms with Gasteiger partial charge in [0.1, 0.15) is 11.3 Å². The van der Waals surface area contributed by atoms with E-state index >= 15 is 0 Å². The van der Waals surface area contributed by atoms with E-state index in [4.69, 9.17) is 32.7 Å². The van der Waals surface area contributed by atoms with Crippen molar-refractivity contribution in [3.8, 4) is 17.4 Å².